The number of halogens is 1. The molecule has 0 unspecified atom stereocenters. The van der Waals surface area contributed by atoms with Crippen LogP contribution in [0.1, 0.15) is 19.8 Å². The van der Waals surface area contributed by atoms with E-state index < -0.39 is 15.8 Å². The first-order valence-corrected chi connectivity index (χ1v) is 9.00. The number of nitrogens with one attached hydrogen (secondary N) is 1. The lowest BCUT2D eigenvalue weighted by Crippen LogP contribution is -2.38. The van der Waals surface area contributed by atoms with E-state index in [2.05, 4.69) is 10.2 Å². The first kappa shape index (κ1) is 17.8. The number of carbonyl (C=O) groups is 1. The van der Waals surface area contributed by atoms with E-state index in [4.69, 9.17) is 0 Å². The topological polar surface area (TPSA) is 69.7 Å². The predicted molar refractivity (Wildman–Crippen MR) is 86.2 cm³/mol. The van der Waals surface area contributed by atoms with Gasteiger partial charge in [0, 0.05) is 25.7 Å². The summed E-state index contributed by atoms with van der Waals surface area (Å²) in [7, 11) is -1.86. The van der Waals surface area contributed by atoms with E-state index in [1.54, 1.807) is 0 Å². The van der Waals surface area contributed by atoms with Gasteiger partial charge in [0.2, 0.25) is 15.9 Å². The lowest BCUT2D eigenvalue weighted by Gasteiger charge is -2.27. The van der Waals surface area contributed by atoms with Crippen molar-refractivity contribution in [3.8, 4) is 0 Å². The summed E-state index contributed by atoms with van der Waals surface area (Å²) < 4.78 is 40.9. The van der Waals surface area contributed by atoms with Gasteiger partial charge in [-0.15, -0.1) is 0 Å². The number of hydrogen-bond acceptors (Lipinski definition) is 4. The van der Waals surface area contributed by atoms with Crippen molar-refractivity contribution in [1.29, 1.82) is 0 Å². The molecule has 1 N–H and O–H groups in total. The summed E-state index contributed by atoms with van der Waals surface area (Å²) in [5, 5.41) is 2.43. The molecule has 0 bridgehead atoms. The van der Waals surface area contributed by atoms with Crippen molar-refractivity contribution < 1.29 is 17.6 Å². The largest absolute Gasteiger partial charge is 0.326 e. The van der Waals surface area contributed by atoms with Crippen LogP contribution in [0.4, 0.5) is 10.1 Å². The van der Waals surface area contributed by atoms with E-state index in [1.165, 1.54) is 23.4 Å². The molecular formula is C15H22FN3O3S. The first-order chi connectivity index (χ1) is 10.8. The van der Waals surface area contributed by atoms with Crippen LogP contribution in [0.25, 0.3) is 0 Å². The zero-order valence-corrected chi connectivity index (χ0v) is 14.2. The quantitative estimate of drug-likeness (QED) is 0.903. The van der Waals surface area contributed by atoms with Crippen molar-refractivity contribution in [3.63, 3.8) is 0 Å². The molecule has 0 saturated carbocycles. The first-order valence-electron chi connectivity index (χ1n) is 7.56. The standard InChI is InChI=1S/C15H22FN3O3S/c1-12(20)17-13-5-6-15(14(16)11-13)23(21,22)19-9-3-7-18(2)8-4-10-19/h5-6,11H,3-4,7-10H2,1-2H3,(H,17,20). The van der Waals surface area contributed by atoms with Crippen LogP contribution < -0.4 is 5.32 Å². The van der Waals surface area contributed by atoms with Crippen molar-refractivity contribution in [3.05, 3.63) is 24.0 Å². The number of sulfonamides is 1. The van der Waals surface area contributed by atoms with E-state index >= 15 is 0 Å². The summed E-state index contributed by atoms with van der Waals surface area (Å²) >= 11 is 0. The maximum absolute atomic E-state index is 14.2. The van der Waals surface area contributed by atoms with Crippen LogP contribution in [0, 0.1) is 5.82 Å². The fourth-order valence-electron chi connectivity index (χ4n) is 2.63. The summed E-state index contributed by atoms with van der Waals surface area (Å²) in [4.78, 5) is 12.8. The zero-order chi connectivity index (χ0) is 17.0. The van der Waals surface area contributed by atoms with E-state index in [-0.39, 0.29) is 16.5 Å². The maximum atomic E-state index is 14.2. The van der Waals surface area contributed by atoms with Gasteiger partial charge >= 0.3 is 0 Å². The summed E-state index contributed by atoms with van der Waals surface area (Å²) in [5.41, 5.74) is 0.239. The van der Waals surface area contributed by atoms with Gasteiger partial charge in [-0.1, -0.05) is 0 Å². The SMILES string of the molecule is CC(=O)Nc1ccc(S(=O)(=O)N2CCCN(C)CCC2)c(F)c1. The Labute approximate surface area is 136 Å². The molecule has 0 aliphatic carbocycles. The van der Waals surface area contributed by atoms with Crippen molar-refractivity contribution >= 4 is 21.6 Å². The molecule has 1 heterocycles. The smallest absolute Gasteiger partial charge is 0.245 e. The third-order valence-corrected chi connectivity index (χ3v) is 5.70. The molecule has 1 aliphatic heterocycles. The summed E-state index contributed by atoms with van der Waals surface area (Å²) in [6.45, 7) is 3.69. The van der Waals surface area contributed by atoms with Crippen LogP contribution in [0.15, 0.2) is 23.1 Å². The van der Waals surface area contributed by atoms with Crippen molar-refractivity contribution in [1.82, 2.24) is 9.21 Å². The van der Waals surface area contributed by atoms with Gasteiger partial charge in [0.05, 0.1) is 0 Å². The van der Waals surface area contributed by atoms with Gasteiger partial charge in [-0.25, -0.2) is 12.8 Å². The van der Waals surface area contributed by atoms with Gasteiger partial charge in [0.1, 0.15) is 10.7 Å². The lowest BCUT2D eigenvalue weighted by molar-refractivity contribution is -0.114. The van der Waals surface area contributed by atoms with Crippen LogP contribution in [-0.2, 0) is 14.8 Å². The second-order valence-corrected chi connectivity index (χ2v) is 7.65. The number of rotatable bonds is 3. The fraction of sp³-hybridized carbons (Fsp3) is 0.533. The van der Waals surface area contributed by atoms with Gasteiger partial charge in [-0.05, 0) is 51.2 Å². The third kappa shape index (κ3) is 4.49. The molecule has 0 spiro atoms. The lowest BCUT2D eigenvalue weighted by atomic mass is 10.3. The Kier molecular flexibility index (Phi) is 5.72. The molecule has 0 aromatic heterocycles. The molecule has 0 radical (unpaired) electrons. The maximum Gasteiger partial charge on any atom is 0.245 e. The van der Waals surface area contributed by atoms with Crippen LogP contribution in [0.5, 0.6) is 0 Å². The third-order valence-electron chi connectivity index (χ3n) is 3.76. The van der Waals surface area contributed by atoms with Gasteiger partial charge in [-0.2, -0.15) is 4.31 Å². The Morgan fingerprint density at radius 1 is 1.17 bits per heavy atom. The highest BCUT2D eigenvalue weighted by Crippen LogP contribution is 2.23. The summed E-state index contributed by atoms with van der Waals surface area (Å²) in [6.07, 6.45) is 1.42. The molecule has 6 nitrogen and oxygen atoms in total. The fourth-order valence-corrected chi connectivity index (χ4v) is 4.19. The molecular weight excluding hydrogens is 321 g/mol. The molecule has 1 aromatic rings. The van der Waals surface area contributed by atoms with Crippen molar-refractivity contribution in [2.75, 3.05) is 38.5 Å². The molecule has 8 heteroatoms. The van der Waals surface area contributed by atoms with Crippen LogP contribution in [0.2, 0.25) is 0 Å². The minimum absolute atomic E-state index is 0.239. The van der Waals surface area contributed by atoms with E-state index in [1.807, 2.05) is 7.05 Å². The minimum Gasteiger partial charge on any atom is -0.326 e. The summed E-state index contributed by atoms with van der Waals surface area (Å²) in [5.74, 6) is -1.19. The summed E-state index contributed by atoms with van der Waals surface area (Å²) in [6, 6.07) is 3.64. The van der Waals surface area contributed by atoms with Gasteiger partial charge in [0.25, 0.3) is 0 Å². The molecule has 128 valence electrons. The number of hydrogen-bond donors (Lipinski definition) is 1. The number of benzene rings is 1. The Bertz CT molecular complexity index is 669. The number of carbonyl (C=O) groups excluding carboxylic acids is 1. The zero-order valence-electron chi connectivity index (χ0n) is 13.4. The molecule has 2 rings (SSSR count). The van der Waals surface area contributed by atoms with E-state index in [0.717, 1.165) is 19.2 Å². The Morgan fingerprint density at radius 3 is 2.30 bits per heavy atom. The number of anilines is 1. The monoisotopic (exact) mass is 343 g/mol. The van der Waals surface area contributed by atoms with Crippen LogP contribution in [-0.4, -0.2) is 56.8 Å². The Hall–Kier alpha value is -1.51. The van der Waals surface area contributed by atoms with Crippen LogP contribution in [0.3, 0.4) is 0 Å². The second kappa shape index (κ2) is 7.37. The highest BCUT2D eigenvalue weighted by molar-refractivity contribution is 7.89. The molecule has 1 amide bonds. The van der Waals surface area contributed by atoms with Gasteiger partial charge < -0.3 is 10.2 Å². The molecule has 1 aromatic carbocycles. The molecule has 1 saturated heterocycles. The average Bonchev–Trinajstić information content (AvgIpc) is 2.41. The molecule has 1 aliphatic rings. The van der Waals surface area contributed by atoms with Crippen LogP contribution >= 0.6 is 0 Å². The second-order valence-electron chi connectivity index (χ2n) is 5.74. The normalized spacial score (nSPS) is 18.2. The average molecular weight is 343 g/mol. The molecule has 0 atom stereocenters. The number of amides is 1. The van der Waals surface area contributed by atoms with Crippen molar-refractivity contribution in [2.45, 2.75) is 24.7 Å². The Morgan fingerprint density at radius 2 is 1.78 bits per heavy atom. The minimum atomic E-state index is -3.87. The van der Waals surface area contributed by atoms with Gasteiger partial charge in [-0.3, -0.25) is 4.79 Å². The van der Waals surface area contributed by atoms with E-state index in [9.17, 15) is 17.6 Å². The highest BCUT2D eigenvalue weighted by atomic mass is 32.2. The molecule has 1 fully saturated rings. The number of nitrogens with zero attached hydrogens (tertiary/aromatic N) is 2. The predicted octanol–water partition coefficient (Wildman–Crippen LogP) is 1.50. The Balaban J connectivity index is 2.23. The van der Waals surface area contributed by atoms with Gasteiger partial charge in [0.15, 0.2) is 0 Å². The van der Waals surface area contributed by atoms with E-state index in [0.29, 0.717) is 25.9 Å². The molecule has 23 heavy (non-hydrogen) atoms. The van der Waals surface area contributed by atoms with Crippen molar-refractivity contribution in [2.24, 2.45) is 0 Å². The highest BCUT2D eigenvalue weighted by Gasteiger charge is 2.28.